The molecule has 0 aromatic heterocycles. The second-order valence-electron chi connectivity index (χ2n) is 7.09. The summed E-state index contributed by atoms with van der Waals surface area (Å²) in [5.41, 5.74) is 0. The predicted octanol–water partition coefficient (Wildman–Crippen LogP) is 3.61. The highest BCUT2D eigenvalue weighted by atomic mass is 32.2. The summed E-state index contributed by atoms with van der Waals surface area (Å²) in [7, 11) is -3.43. The molecule has 2 aliphatic rings. The van der Waals surface area contributed by atoms with Crippen molar-refractivity contribution in [3.05, 3.63) is 11.4 Å². The van der Waals surface area contributed by atoms with Crippen LogP contribution in [0.4, 0.5) is 13.2 Å². The third-order valence-corrected chi connectivity index (χ3v) is 7.26. The lowest BCUT2D eigenvalue weighted by Gasteiger charge is -2.41. The van der Waals surface area contributed by atoms with Crippen LogP contribution in [0.5, 0.6) is 0 Å². The molecule has 2 aliphatic carbocycles. The van der Waals surface area contributed by atoms with E-state index in [4.69, 9.17) is 11.8 Å². The van der Waals surface area contributed by atoms with Gasteiger partial charge in [0.1, 0.15) is 5.92 Å². The van der Waals surface area contributed by atoms with Gasteiger partial charge in [-0.3, -0.25) is 0 Å². The summed E-state index contributed by atoms with van der Waals surface area (Å²) in [4.78, 5) is 3.14. The van der Waals surface area contributed by atoms with Gasteiger partial charge in [0.15, 0.2) is 9.84 Å². The van der Waals surface area contributed by atoms with E-state index in [0.29, 0.717) is 19.3 Å². The van der Waals surface area contributed by atoms with E-state index in [2.05, 4.69) is 10.9 Å². The van der Waals surface area contributed by atoms with E-state index in [1.807, 2.05) is 0 Å². The fraction of sp³-hybridized carbons (Fsp3) is 0.875. The van der Waals surface area contributed by atoms with Crippen molar-refractivity contribution < 1.29 is 21.6 Å². The van der Waals surface area contributed by atoms with Crippen molar-refractivity contribution >= 4 is 9.84 Å². The average Bonchev–Trinajstić information content (AvgIpc) is 2.52. The number of rotatable bonds is 2. The maximum Gasteiger partial charge on any atom is 0.399 e. The zero-order chi connectivity index (χ0) is 18.1. The number of nitriles is 1. The van der Waals surface area contributed by atoms with Crippen molar-refractivity contribution in [2.75, 3.05) is 6.26 Å². The lowest BCUT2D eigenvalue weighted by atomic mass is 9.67. The van der Waals surface area contributed by atoms with E-state index in [0.717, 1.165) is 6.26 Å². The Morgan fingerprint density at radius 3 is 2.33 bits per heavy atom. The molecule has 2 rings (SSSR count). The van der Waals surface area contributed by atoms with Gasteiger partial charge in [0.25, 0.3) is 0 Å². The van der Waals surface area contributed by atoms with Crippen LogP contribution < -0.4 is 0 Å². The summed E-state index contributed by atoms with van der Waals surface area (Å²) in [6.45, 7) is 7.00. The van der Waals surface area contributed by atoms with Crippen LogP contribution in [0.25, 0.3) is 4.85 Å². The Kier molecular flexibility index (Phi) is 5.49. The van der Waals surface area contributed by atoms with E-state index >= 15 is 0 Å². The maximum absolute atomic E-state index is 13.3. The van der Waals surface area contributed by atoms with Crippen LogP contribution in [-0.2, 0) is 9.84 Å². The molecule has 0 heterocycles. The molecule has 0 aromatic carbocycles. The summed E-state index contributed by atoms with van der Waals surface area (Å²) in [5, 5.41) is 8.31. The van der Waals surface area contributed by atoms with E-state index in [1.165, 1.54) is 0 Å². The first kappa shape index (κ1) is 19.1. The van der Waals surface area contributed by atoms with Gasteiger partial charge in [0.05, 0.1) is 11.3 Å². The Hall–Kier alpha value is -1.28. The topological polar surface area (TPSA) is 62.3 Å². The van der Waals surface area contributed by atoms with Gasteiger partial charge in [0, 0.05) is 18.6 Å². The second-order valence-corrected chi connectivity index (χ2v) is 9.35. The van der Waals surface area contributed by atoms with Crippen LogP contribution >= 0.6 is 0 Å². The van der Waals surface area contributed by atoms with Crippen LogP contribution in [0.15, 0.2) is 0 Å². The minimum absolute atomic E-state index is 0.160. The van der Waals surface area contributed by atoms with Gasteiger partial charge in [-0.2, -0.15) is 18.4 Å². The van der Waals surface area contributed by atoms with Crippen molar-refractivity contribution in [3.63, 3.8) is 0 Å². The molecule has 2 saturated carbocycles. The van der Waals surface area contributed by atoms with Crippen molar-refractivity contribution in [1.82, 2.24) is 0 Å². The Labute approximate surface area is 140 Å². The Balaban J connectivity index is 2.23. The third-order valence-electron chi connectivity index (χ3n) is 5.62. The smallest absolute Gasteiger partial charge is 0.313 e. The molecule has 8 heteroatoms. The predicted molar refractivity (Wildman–Crippen MR) is 82.4 cm³/mol. The number of hydrogen-bond acceptors (Lipinski definition) is 3. The quantitative estimate of drug-likeness (QED) is 0.705. The van der Waals surface area contributed by atoms with E-state index < -0.39 is 33.2 Å². The van der Waals surface area contributed by atoms with E-state index in [1.54, 1.807) is 0 Å². The fourth-order valence-electron chi connectivity index (χ4n) is 4.38. The molecule has 4 nitrogen and oxygen atoms in total. The molecule has 0 aliphatic heterocycles. The first-order chi connectivity index (χ1) is 11.1. The zero-order valence-electron chi connectivity index (χ0n) is 13.5. The van der Waals surface area contributed by atoms with Crippen LogP contribution in [0.1, 0.15) is 38.5 Å². The van der Waals surface area contributed by atoms with Gasteiger partial charge in [0.2, 0.25) is 6.04 Å². The van der Waals surface area contributed by atoms with Crippen molar-refractivity contribution in [2.45, 2.75) is 56.0 Å². The van der Waals surface area contributed by atoms with Crippen molar-refractivity contribution in [1.29, 1.82) is 5.26 Å². The number of sulfone groups is 1. The molecule has 0 bridgehead atoms. The first-order valence-electron chi connectivity index (χ1n) is 8.09. The van der Waals surface area contributed by atoms with Gasteiger partial charge < -0.3 is 4.85 Å². The highest BCUT2D eigenvalue weighted by Crippen LogP contribution is 2.48. The van der Waals surface area contributed by atoms with Crippen LogP contribution in [-0.4, -0.2) is 32.1 Å². The molecule has 0 radical (unpaired) electrons. The highest BCUT2D eigenvalue weighted by molar-refractivity contribution is 7.91. The normalized spacial score (nSPS) is 38.1. The molecule has 2 fully saturated rings. The number of alkyl halides is 3. The molecule has 0 aromatic rings. The lowest BCUT2D eigenvalue weighted by Crippen LogP contribution is -2.45. The van der Waals surface area contributed by atoms with Crippen LogP contribution in [0, 0.1) is 41.6 Å². The first-order valence-corrected chi connectivity index (χ1v) is 10.0. The largest absolute Gasteiger partial charge is 0.399 e. The van der Waals surface area contributed by atoms with Gasteiger partial charge in [-0.05, 0) is 43.9 Å². The molecule has 0 amide bonds. The standard InChI is InChI=1S/C16H21F3N2O2S/c1-21-14-6-4-11(8-13(14)16(17,18)19)12-5-3-10(9-20)7-15(12)24(2,22)23/h10-15H,3-8H2,2H3. The number of halogens is 3. The summed E-state index contributed by atoms with van der Waals surface area (Å²) in [6.07, 6.45) is -1.68. The highest BCUT2D eigenvalue weighted by Gasteiger charge is 2.53. The van der Waals surface area contributed by atoms with Crippen LogP contribution in [0.2, 0.25) is 0 Å². The SMILES string of the molecule is [C-]#[N+]C1CCC(C2CCC(C#N)CC2S(C)(=O)=O)CC1C(F)(F)F. The van der Waals surface area contributed by atoms with Gasteiger partial charge in [-0.1, -0.05) is 0 Å². The van der Waals surface area contributed by atoms with Gasteiger partial charge >= 0.3 is 6.18 Å². The fourth-order valence-corrected chi connectivity index (χ4v) is 5.96. The Bertz CT molecular complexity index is 648. The van der Waals surface area contributed by atoms with Gasteiger partial charge in [-0.15, -0.1) is 0 Å². The molecule has 0 N–H and O–H groups in total. The molecule has 6 atom stereocenters. The van der Waals surface area contributed by atoms with Crippen molar-refractivity contribution in [2.24, 2.45) is 23.7 Å². The minimum Gasteiger partial charge on any atom is -0.313 e. The summed E-state index contributed by atoms with van der Waals surface area (Å²) >= 11 is 0. The molecule has 134 valence electrons. The van der Waals surface area contributed by atoms with E-state index in [9.17, 15) is 21.6 Å². The Morgan fingerprint density at radius 2 is 1.83 bits per heavy atom. The summed E-state index contributed by atoms with van der Waals surface area (Å²) < 4.78 is 64.0. The second kappa shape index (κ2) is 6.92. The number of nitrogens with zero attached hydrogens (tertiary/aromatic N) is 2. The van der Waals surface area contributed by atoms with Gasteiger partial charge in [-0.25, -0.2) is 15.0 Å². The molecular formula is C16H21F3N2O2S. The Morgan fingerprint density at radius 1 is 1.17 bits per heavy atom. The van der Waals surface area contributed by atoms with Crippen molar-refractivity contribution in [3.8, 4) is 6.07 Å². The van der Waals surface area contributed by atoms with E-state index in [-0.39, 0.29) is 37.0 Å². The summed E-state index contributed by atoms with van der Waals surface area (Å²) in [5.74, 6) is -2.73. The minimum atomic E-state index is -4.43. The molecule has 24 heavy (non-hydrogen) atoms. The average molecular weight is 362 g/mol. The monoisotopic (exact) mass is 362 g/mol. The summed E-state index contributed by atoms with van der Waals surface area (Å²) in [6, 6.07) is 1.03. The number of hydrogen-bond donors (Lipinski definition) is 0. The zero-order valence-corrected chi connectivity index (χ0v) is 14.3. The lowest BCUT2D eigenvalue weighted by molar-refractivity contribution is -0.189. The molecule has 0 saturated heterocycles. The van der Waals surface area contributed by atoms with Crippen LogP contribution in [0.3, 0.4) is 0 Å². The third kappa shape index (κ3) is 4.03. The molecular weight excluding hydrogens is 341 g/mol. The molecule has 6 unspecified atom stereocenters. The molecule has 0 spiro atoms. The maximum atomic E-state index is 13.3.